The normalized spacial score (nSPS) is 9.74. The molecule has 0 spiro atoms. The molecule has 1 heterocycles. The SMILES string of the molecule is Cc1ccc(C(=O)NNC(=O)c2ccccc2)cn1. The van der Waals surface area contributed by atoms with E-state index in [1.54, 1.807) is 36.4 Å². The lowest BCUT2D eigenvalue weighted by atomic mass is 10.2. The molecule has 19 heavy (non-hydrogen) atoms. The van der Waals surface area contributed by atoms with Crippen LogP contribution in [0, 0.1) is 6.92 Å². The summed E-state index contributed by atoms with van der Waals surface area (Å²) in [5.41, 5.74) is 6.37. The largest absolute Gasteiger partial charge is 0.271 e. The van der Waals surface area contributed by atoms with E-state index in [2.05, 4.69) is 15.8 Å². The van der Waals surface area contributed by atoms with Crippen molar-refractivity contribution in [2.45, 2.75) is 6.92 Å². The Morgan fingerprint density at radius 2 is 1.53 bits per heavy atom. The van der Waals surface area contributed by atoms with Crippen LogP contribution in [0.5, 0.6) is 0 Å². The molecule has 0 aliphatic heterocycles. The van der Waals surface area contributed by atoms with Crippen molar-refractivity contribution in [1.29, 1.82) is 0 Å². The molecule has 0 aliphatic carbocycles. The fourth-order valence-corrected chi connectivity index (χ4v) is 1.45. The summed E-state index contributed by atoms with van der Waals surface area (Å²) in [6, 6.07) is 12.0. The molecule has 2 amide bonds. The number of hydrazine groups is 1. The topological polar surface area (TPSA) is 71.1 Å². The van der Waals surface area contributed by atoms with Crippen molar-refractivity contribution in [2.75, 3.05) is 0 Å². The second-order valence-corrected chi connectivity index (χ2v) is 3.96. The van der Waals surface area contributed by atoms with Gasteiger partial charge in [0.15, 0.2) is 0 Å². The molecule has 2 aromatic rings. The van der Waals surface area contributed by atoms with E-state index in [-0.39, 0.29) is 5.91 Å². The van der Waals surface area contributed by atoms with Crippen LogP contribution < -0.4 is 10.9 Å². The first kappa shape index (κ1) is 12.8. The summed E-state index contributed by atoms with van der Waals surface area (Å²) >= 11 is 0. The Balaban J connectivity index is 1.94. The summed E-state index contributed by atoms with van der Waals surface area (Å²) in [6.45, 7) is 1.83. The molecule has 0 atom stereocenters. The number of hydrogen-bond acceptors (Lipinski definition) is 3. The first-order chi connectivity index (χ1) is 9.16. The highest BCUT2D eigenvalue weighted by molar-refractivity contribution is 5.98. The van der Waals surface area contributed by atoms with Gasteiger partial charge in [0.05, 0.1) is 5.56 Å². The van der Waals surface area contributed by atoms with Gasteiger partial charge in [-0.3, -0.25) is 25.4 Å². The van der Waals surface area contributed by atoms with Gasteiger partial charge in [-0.25, -0.2) is 0 Å². The molecule has 96 valence electrons. The molecule has 5 nitrogen and oxygen atoms in total. The highest BCUT2D eigenvalue weighted by Crippen LogP contribution is 1.99. The van der Waals surface area contributed by atoms with Crippen LogP contribution in [0.15, 0.2) is 48.7 Å². The van der Waals surface area contributed by atoms with Gasteiger partial charge in [0.25, 0.3) is 11.8 Å². The molecular formula is C14H13N3O2. The maximum atomic E-state index is 11.7. The van der Waals surface area contributed by atoms with Gasteiger partial charge in [0.2, 0.25) is 0 Å². The van der Waals surface area contributed by atoms with E-state index in [4.69, 9.17) is 0 Å². The van der Waals surface area contributed by atoms with Crippen LogP contribution in [-0.2, 0) is 0 Å². The molecule has 0 unspecified atom stereocenters. The van der Waals surface area contributed by atoms with Crippen molar-refractivity contribution in [2.24, 2.45) is 0 Å². The summed E-state index contributed by atoms with van der Waals surface area (Å²) in [5, 5.41) is 0. The molecule has 0 fully saturated rings. The number of amides is 2. The highest BCUT2D eigenvalue weighted by atomic mass is 16.2. The van der Waals surface area contributed by atoms with Gasteiger partial charge in [-0.15, -0.1) is 0 Å². The Kier molecular flexibility index (Phi) is 3.87. The Morgan fingerprint density at radius 1 is 0.895 bits per heavy atom. The lowest BCUT2D eigenvalue weighted by molar-refractivity contribution is 0.0846. The minimum absolute atomic E-state index is 0.367. The zero-order chi connectivity index (χ0) is 13.7. The zero-order valence-electron chi connectivity index (χ0n) is 10.4. The third kappa shape index (κ3) is 3.38. The van der Waals surface area contributed by atoms with E-state index in [9.17, 15) is 9.59 Å². The molecule has 2 rings (SSSR count). The van der Waals surface area contributed by atoms with E-state index < -0.39 is 5.91 Å². The van der Waals surface area contributed by atoms with Gasteiger partial charge in [-0.05, 0) is 31.2 Å². The average molecular weight is 255 g/mol. The molecule has 2 N–H and O–H groups in total. The maximum absolute atomic E-state index is 11.7. The number of carbonyl (C=O) groups is 2. The van der Waals surface area contributed by atoms with E-state index in [1.165, 1.54) is 6.20 Å². The molecule has 5 heteroatoms. The number of hydrogen-bond donors (Lipinski definition) is 2. The highest BCUT2D eigenvalue weighted by Gasteiger charge is 2.08. The third-order valence-electron chi connectivity index (χ3n) is 2.50. The zero-order valence-corrected chi connectivity index (χ0v) is 10.4. The van der Waals surface area contributed by atoms with Crippen LogP contribution in [0.25, 0.3) is 0 Å². The third-order valence-corrected chi connectivity index (χ3v) is 2.50. The Labute approximate surface area is 110 Å². The smallest absolute Gasteiger partial charge is 0.267 e. The maximum Gasteiger partial charge on any atom is 0.271 e. The summed E-state index contributed by atoms with van der Waals surface area (Å²) in [6.07, 6.45) is 1.46. The number of nitrogens with zero attached hydrogens (tertiary/aromatic N) is 1. The van der Waals surface area contributed by atoms with Crippen LogP contribution in [0.3, 0.4) is 0 Å². The fraction of sp³-hybridized carbons (Fsp3) is 0.0714. The van der Waals surface area contributed by atoms with E-state index in [1.807, 2.05) is 13.0 Å². The average Bonchev–Trinajstić information content (AvgIpc) is 2.46. The second-order valence-electron chi connectivity index (χ2n) is 3.96. The van der Waals surface area contributed by atoms with Crippen molar-refractivity contribution in [3.05, 3.63) is 65.5 Å². The summed E-state index contributed by atoms with van der Waals surface area (Å²) in [5.74, 6) is -0.772. The number of carbonyl (C=O) groups excluding carboxylic acids is 2. The summed E-state index contributed by atoms with van der Waals surface area (Å²) in [7, 11) is 0. The van der Waals surface area contributed by atoms with Crippen molar-refractivity contribution in [1.82, 2.24) is 15.8 Å². The first-order valence-corrected chi connectivity index (χ1v) is 5.75. The van der Waals surface area contributed by atoms with Crippen LogP contribution in [0.2, 0.25) is 0 Å². The Hall–Kier alpha value is -2.69. The predicted octanol–water partition coefficient (Wildman–Crippen LogP) is 1.46. The molecule has 0 bridgehead atoms. The van der Waals surface area contributed by atoms with E-state index in [0.717, 1.165) is 5.69 Å². The summed E-state index contributed by atoms with van der Waals surface area (Å²) < 4.78 is 0. The lowest BCUT2D eigenvalue weighted by Gasteiger charge is -2.07. The minimum atomic E-state index is -0.406. The number of nitrogens with one attached hydrogen (secondary N) is 2. The number of rotatable bonds is 2. The standard InChI is InChI=1S/C14H13N3O2/c1-10-7-8-12(9-15-10)14(19)17-16-13(18)11-5-3-2-4-6-11/h2-9H,1H3,(H,16,18)(H,17,19). The Morgan fingerprint density at radius 3 is 2.11 bits per heavy atom. The van der Waals surface area contributed by atoms with Crippen molar-refractivity contribution in [3.63, 3.8) is 0 Å². The van der Waals surface area contributed by atoms with Crippen LogP contribution in [-0.4, -0.2) is 16.8 Å². The molecule has 1 aromatic carbocycles. The van der Waals surface area contributed by atoms with Crippen LogP contribution >= 0.6 is 0 Å². The van der Waals surface area contributed by atoms with Gasteiger partial charge in [-0.2, -0.15) is 0 Å². The predicted molar refractivity (Wildman–Crippen MR) is 70.3 cm³/mol. The van der Waals surface area contributed by atoms with Gasteiger partial charge in [0.1, 0.15) is 0 Å². The van der Waals surface area contributed by atoms with Crippen molar-refractivity contribution in [3.8, 4) is 0 Å². The van der Waals surface area contributed by atoms with Gasteiger partial charge >= 0.3 is 0 Å². The quantitative estimate of drug-likeness (QED) is 0.798. The van der Waals surface area contributed by atoms with Crippen molar-refractivity contribution >= 4 is 11.8 Å². The van der Waals surface area contributed by atoms with E-state index >= 15 is 0 Å². The van der Waals surface area contributed by atoms with E-state index in [0.29, 0.717) is 11.1 Å². The van der Waals surface area contributed by atoms with Crippen LogP contribution in [0.4, 0.5) is 0 Å². The van der Waals surface area contributed by atoms with Gasteiger partial charge < -0.3 is 0 Å². The fourth-order valence-electron chi connectivity index (χ4n) is 1.45. The number of pyridine rings is 1. The molecule has 0 saturated heterocycles. The minimum Gasteiger partial charge on any atom is -0.267 e. The molecule has 0 aliphatic rings. The van der Waals surface area contributed by atoms with Gasteiger partial charge in [-0.1, -0.05) is 18.2 Å². The van der Waals surface area contributed by atoms with Crippen molar-refractivity contribution < 1.29 is 9.59 Å². The molecule has 0 radical (unpaired) electrons. The molecule has 1 aromatic heterocycles. The van der Waals surface area contributed by atoms with Gasteiger partial charge in [0, 0.05) is 17.5 Å². The lowest BCUT2D eigenvalue weighted by Crippen LogP contribution is -2.41. The number of aryl methyl sites for hydroxylation is 1. The number of aromatic nitrogens is 1. The molecular weight excluding hydrogens is 242 g/mol. The monoisotopic (exact) mass is 255 g/mol. The molecule has 0 saturated carbocycles. The first-order valence-electron chi connectivity index (χ1n) is 5.75. The number of benzene rings is 1. The summed E-state index contributed by atoms with van der Waals surface area (Å²) in [4.78, 5) is 27.4. The second kappa shape index (κ2) is 5.77. The van der Waals surface area contributed by atoms with Crippen LogP contribution in [0.1, 0.15) is 26.4 Å². The Bertz CT molecular complexity index is 579.